The van der Waals surface area contributed by atoms with Gasteiger partial charge in [0.1, 0.15) is 5.82 Å². The highest BCUT2D eigenvalue weighted by atomic mass is 15.1. The summed E-state index contributed by atoms with van der Waals surface area (Å²) in [7, 11) is 8.11. The molecule has 0 saturated carbocycles. The molecule has 0 aliphatic carbocycles. The quantitative estimate of drug-likeness (QED) is 0.837. The molecule has 100 valence electrons. The molecule has 2 aromatic rings. The van der Waals surface area contributed by atoms with Crippen LogP contribution >= 0.6 is 0 Å². The summed E-state index contributed by atoms with van der Waals surface area (Å²) in [5, 5.41) is 0. The molecule has 0 bridgehead atoms. The Balaban J connectivity index is 2.08. The number of pyridine rings is 1. The zero-order valence-corrected chi connectivity index (χ0v) is 12.1. The van der Waals surface area contributed by atoms with E-state index in [0.29, 0.717) is 0 Å². The van der Waals surface area contributed by atoms with Gasteiger partial charge in [-0.15, -0.1) is 0 Å². The van der Waals surface area contributed by atoms with E-state index in [-0.39, 0.29) is 0 Å². The lowest BCUT2D eigenvalue weighted by Crippen LogP contribution is -2.10. The predicted molar refractivity (Wildman–Crippen MR) is 82.1 cm³/mol. The van der Waals surface area contributed by atoms with E-state index in [9.17, 15) is 0 Å². The first kappa shape index (κ1) is 13.4. The second kappa shape index (κ2) is 5.74. The van der Waals surface area contributed by atoms with E-state index in [2.05, 4.69) is 60.4 Å². The number of hydrogen-bond acceptors (Lipinski definition) is 3. The molecular formula is C16H21N3. The molecule has 1 heterocycles. The summed E-state index contributed by atoms with van der Waals surface area (Å²) >= 11 is 0. The highest BCUT2D eigenvalue weighted by Gasteiger charge is 2.00. The fraction of sp³-hybridized carbons (Fsp3) is 0.312. The summed E-state index contributed by atoms with van der Waals surface area (Å²) in [5.41, 5.74) is 3.78. The smallest absolute Gasteiger partial charge is 0.127 e. The molecule has 0 fully saturated rings. The van der Waals surface area contributed by atoms with E-state index >= 15 is 0 Å². The van der Waals surface area contributed by atoms with Gasteiger partial charge in [-0.05, 0) is 35.7 Å². The molecule has 0 atom stereocenters. The Hall–Kier alpha value is -2.03. The van der Waals surface area contributed by atoms with E-state index < -0.39 is 0 Å². The van der Waals surface area contributed by atoms with Crippen molar-refractivity contribution >= 4 is 11.5 Å². The number of rotatable bonds is 4. The number of aromatic nitrogens is 1. The van der Waals surface area contributed by atoms with Gasteiger partial charge in [0.25, 0.3) is 0 Å². The van der Waals surface area contributed by atoms with Crippen LogP contribution in [0.5, 0.6) is 0 Å². The molecule has 0 unspecified atom stereocenters. The van der Waals surface area contributed by atoms with Gasteiger partial charge in [0, 0.05) is 40.1 Å². The summed E-state index contributed by atoms with van der Waals surface area (Å²) < 4.78 is 0. The molecule has 1 aromatic carbocycles. The highest BCUT2D eigenvalue weighted by Crippen LogP contribution is 2.16. The van der Waals surface area contributed by atoms with Gasteiger partial charge in [0.15, 0.2) is 0 Å². The van der Waals surface area contributed by atoms with Crippen LogP contribution in [0.15, 0.2) is 42.6 Å². The number of benzene rings is 1. The largest absolute Gasteiger partial charge is 0.378 e. The molecule has 0 amide bonds. The Bertz CT molecular complexity index is 463. The molecule has 2 rings (SSSR count). The van der Waals surface area contributed by atoms with Crippen LogP contribution < -0.4 is 9.80 Å². The van der Waals surface area contributed by atoms with Crippen molar-refractivity contribution in [1.29, 1.82) is 0 Å². The molecule has 19 heavy (non-hydrogen) atoms. The molecule has 3 heteroatoms. The lowest BCUT2D eigenvalue weighted by molar-refractivity contribution is 1.05. The standard InChI is InChI=1S/C16H21N3/c1-18(2)15-8-5-13(6-9-15)11-14-7-10-16(17-12-14)19(3)4/h5-10,12H,11H2,1-4H3. The third-order valence-corrected chi connectivity index (χ3v) is 3.13. The van der Waals surface area contributed by atoms with E-state index in [0.717, 1.165) is 12.2 Å². The van der Waals surface area contributed by atoms with Gasteiger partial charge in [0.05, 0.1) is 0 Å². The average Bonchev–Trinajstić information content (AvgIpc) is 2.40. The van der Waals surface area contributed by atoms with Crippen molar-refractivity contribution in [2.75, 3.05) is 38.0 Å². The van der Waals surface area contributed by atoms with Crippen molar-refractivity contribution in [3.63, 3.8) is 0 Å². The summed E-state index contributed by atoms with van der Waals surface area (Å²) in [6, 6.07) is 12.9. The number of anilines is 2. The zero-order valence-electron chi connectivity index (χ0n) is 12.1. The Morgan fingerprint density at radius 3 is 1.89 bits per heavy atom. The summed E-state index contributed by atoms with van der Waals surface area (Å²) in [6.45, 7) is 0. The van der Waals surface area contributed by atoms with E-state index in [1.165, 1.54) is 16.8 Å². The Labute approximate surface area is 115 Å². The van der Waals surface area contributed by atoms with Crippen LogP contribution in [0, 0.1) is 0 Å². The fourth-order valence-corrected chi connectivity index (χ4v) is 1.93. The van der Waals surface area contributed by atoms with E-state index in [1.807, 2.05) is 25.2 Å². The average molecular weight is 255 g/mol. The molecule has 0 spiro atoms. The number of hydrogen-bond donors (Lipinski definition) is 0. The molecule has 0 aliphatic heterocycles. The molecule has 0 saturated heterocycles. The Morgan fingerprint density at radius 1 is 0.789 bits per heavy atom. The van der Waals surface area contributed by atoms with Crippen LogP contribution in [0.4, 0.5) is 11.5 Å². The van der Waals surface area contributed by atoms with Gasteiger partial charge in [0.2, 0.25) is 0 Å². The second-order valence-corrected chi connectivity index (χ2v) is 5.16. The molecular weight excluding hydrogens is 234 g/mol. The Morgan fingerprint density at radius 2 is 1.42 bits per heavy atom. The van der Waals surface area contributed by atoms with E-state index in [1.54, 1.807) is 0 Å². The van der Waals surface area contributed by atoms with Crippen molar-refractivity contribution in [3.05, 3.63) is 53.7 Å². The fourth-order valence-electron chi connectivity index (χ4n) is 1.93. The molecule has 3 nitrogen and oxygen atoms in total. The van der Waals surface area contributed by atoms with Crippen molar-refractivity contribution in [2.24, 2.45) is 0 Å². The van der Waals surface area contributed by atoms with Crippen LogP contribution in [0.3, 0.4) is 0 Å². The van der Waals surface area contributed by atoms with Crippen LogP contribution in [0.25, 0.3) is 0 Å². The zero-order chi connectivity index (χ0) is 13.8. The van der Waals surface area contributed by atoms with Gasteiger partial charge in [-0.25, -0.2) is 4.98 Å². The van der Waals surface area contributed by atoms with Crippen molar-refractivity contribution < 1.29 is 0 Å². The first-order chi connectivity index (χ1) is 9.06. The van der Waals surface area contributed by atoms with Crippen molar-refractivity contribution in [2.45, 2.75) is 6.42 Å². The molecule has 0 aliphatic rings. The third kappa shape index (κ3) is 3.47. The number of nitrogens with zero attached hydrogens (tertiary/aromatic N) is 3. The summed E-state index contributed by atoms with van der Waals surface area (Å²) in [4.78, 5) is 8.56. The van der Waals surface area contributed by atoms with Crippen LogP contribution in [0.1, 0.15) is 11.1 Å². The van der Waals surface area contributed by atoms with Crippen molar-refractivity contribution in [1.82, 2.24) is 4.98 Å². The monoisotopic (exact) mass is 255 g/mol. The summed E-state index contributed by atoms with van der Waals surface area (Å²) in [5.74, 6) is 0.992. The van der Waals surface area contributed by atoms with Crippen molar-refractivity contribution in [3.8, 4) is 0 Å². The minimum Gasteiger partial charge on any atom is -0.378 e. The molecule has 0 radical (unpaired) electrons. The SMILES string of the molecule is CN(C)c1ccc(Cc2ccc(N(C)C)nc2)cc1. The lowest BCUT2D eigenvalue weighted by atomic mass is 10.1. The normalized spacial score (nSPS) is 10.3. The van der Waals surface area contributed by atoms with Gasteiger partial charge in [-0.3, -0.25) is 0 Å². The first-order valence-electron chi connectivity index (χ1n) is 6.45. The summed E-state index contributed by atoms with van der Waals surface area (Å²) in [6.07, 6.45) is 2.88. The predicted octanol–water partition coefficient (Wildman–Crippen LogP) is 2.80. The first-order valence-corrected chi connectivity index (χ1v) is 6.45. The van der Waals surface area contributed by atoms with E-state index in [4.69, 9.17) is 0 Å². The van der Waals surface area contributed by atoms with Crippen LogP contribution in [0.2, 0.25) is 0 Å². The maximum atomic E-state index is 4.44. The topological polar surface area (TPSA) is 19.4 Å². The second-order valence-electron chi connectivity index (χ2n) is 5.16. The molecule has 0 N–H and O–H groups in total. The maximum absolute atomic E-state index is 4.44. The van der Waals surface area contributed by atoms with Crippen LogP contribution in [-0.2, 0) is 6.42 Å². The Kier molecular flexibility index (Phi) is 4.05. The highest BCUT2D eigenvalue weighted by molar-refractivity contribution is 5.47. The van der Waals surface area contributed by atoms with Gasteiger partial charge >= 0.3 is 0 Å². The molecule has 1 aromatic heterocycles. The van der Waals surface area contributed by atoms with Gasteiger partial charge < -0.3 is 9.80 Å². The van der Waals surface area contributed by atoms with Gasteiger partial charge in [-0.2, -0.15) is 0 Å². The minimum absolute atomic E-state index is 0.925. The van der Waals surface area contributed by atoms with Gasteiger partial charge in [-0.1, -0.05) is 18.2 Å². The third-order valence-electron chi connectivity index (χ3n) is 3.13. The minimum atomic E-state index is 0.925. The van der Waals surface area contributed by atoms with Crippen LogP contribution in [-0.4, -0.2) is 33.2 Å². The lowest BCUT2D eigenvalue weighted by Gasteiger charge is -2.13. The maximum Gasteiger partial charge on any atom is 0.127 e.